The molecule has 0 amide bonds. The van der Waals surface area contributed by atoms with Gasteiger partial charge >= 0.3 is 21.1 Å². The third kappa shape index (κ3) is 5.59. The zero-order valence-electron chi connectivity index (χ0n) is 11.9. The summed E-state index contributed by atoms with van der Waals surface area (Å²) >= 11 is 0. The summed E-state index contributed by atoms with van der Waals surface area (Å²) in [7, 11) is -5.84. The van der Waals surface area contributed by atoms with E-state index in [0.717, 1.165) is 5.56 Å². The minimum atomic E-state index is -4.61. The quantitative estimate of drug-likeness (QED) is 0.504. The van der Waals surface area contributed by atoms with Crippen LogP contribution in [0, 0.1) is 0 Å². The maximum Gasteiger partial charge on any atom is 0.407 e. The summed E-state index contributed by atoms with van der Waals surface area (Å²) in [6, 6.07) is 9.59. The summed E-state index contributed by atoms with van der Waals surface area (Å²) in [4.78, 5) is 18.7. The molecule has 0 aliphatic carbocycles. The molecule has 118 valence electrons. The average Bonchev–Trinajstić information content (AvgIpc) is 2.45. The Morgan fingerprint density at radius 1 is 1.29 bits per heavy atom. The summed E-state index contributed by atoms with van der Waals surface area (Å²) in [5.74, 6) is 0. The van der Waals surface area contributed by atoms with E-state index in [4.69, 9.17) is 9.47 Å². The summed E-state index contributed by atoms with van der Waals surface area (Å²) in [6.45, 7) is 2.44. The Balaban J connectivity index is 2.44. The van der Waals surface area contributed by atoms with Crippen LogP contribution >= 0.6 is 16.1 Å². The second-order valence-corrected chi connectivity index (χ2v) is 7.75. The molecule has 0 saturated carbocycles. The highest BCUT2D eigenvalue weighted by Gasteiger charge is 2.56. The molecular formula is C13H21O6P2+. The van der Waals surface area contributed by atoms with Gasteiger partial charge in [0.15, 0.2) is 0 Å². The Bertz CT molecular complexity index is 475. The zero-order valence-corrected chi connectivity index (χ0v) is 13.8. The van der Waals surface area contributed by atoms with Gasteiger partial charge in [-0.1, -0.05) is 34.9 Å². The maximum absolute atomic E-state index is 11.5. The van der Waals surface area contributed by atoms with Crippen molar-refractivity contribution in [2.45, 2.75) is 31.5 Å². The molecule has 0 fully saturated rings. The van der Waals surface area contributed by atoms with Crippen molar-refractivity contribution in [3.63, 3.8) is 0 Å². The van der Waals surface area contributed by atoms with Gasteiger partial charge in [0.2, 0.25) is 0 Å². The second kappa shape index (κ2) is 8.74. The lowest BCUT2D eigenvalue weighted by Gasteiger charge is -2.21. The van der Waals surface area contributed by atoms with Crippen LogP contribution < -0.4 is 0 Å². The summed E-state index contributed by atoms with van der Waals surface area (Å²) in [5.41, 5.74) is 1.02. The van der Waals surface area contributed by atoms with Crippen LogP contribution in [-0.4, -0.2) is 28.1 Å². The van der Waals surface area contributed by atoms with Gasteiger partial charge < -0.3 is 19.3 Å². The van der Waals surface area contributed by atoms with E-state index in [1.54, 1.807) is 6.92 Å². The van der Waals surface area contributed by atoms with Gasteiger partial charge in [0.1, 0.15) is 0 Å². The predicted molar refractivity (Wildman–Crippen MR) is 80.7 cm³/mol. The molecule has 0 radical (unpaired) electrons. The largest absolute Gasteiger partial charge is 0.407 e. The van der Waals surface area contributed by atoms with E-state index in [1.807, 2.05) is 30.3 Å². The minimum absolute atomic E-state index is 0.0121. The van der Waals surface area contributed by atoms with Gasteiger partial charge in [-0.3, -0.25) is 4.57 Å². The highest BCUT2D eigenvalue weighted by molar-refractivity contribution is 7.63. The Kier molecular flexibility index (Phi) is 7.67. The van der Waals surface area contributed by atoms with Crippen LogP contribution in [0.1, 0.15) is 25.3 Å². The van der Waals surface area contributed by atoms with Crippen molar-refractivity contribution >= 4 is 16.1 Å². The van der Waals surface area contributed by atoms with Crippen molar-refractivity contribution < 1.29 is 28.4 Å². The summed E-state index contributed by atoms with van der Waals surface area (Å²) in [5, 5.41) is -1.90. The second-order valence-electron chi connectivity index (χ2n) is 4.51. The number of ether oxygens (including phenoxy) is 2. The molecule has 0 spiro atoms. The SMILES string of the molecule is CCOC(CCCOCc1ccccc1)([PH+]=O)P(=O)(O)O. The van der Waals surface area contributed by atoms with Crippen molar-refractivity contribution in [1.82, 2.24) is 0 Å². The van der Waals surface area contributed by atoms with Crippen molar-refractivity contribution in [2.75, 3.05) is 13.2 Å². The molecule has 2 N–H and O–H groups in total. The molecule has 6 nitrogen and oxygen atoms in total. The summed E-state index contributed by atoms with van der Waals surface area (Å²) < 4.78 is 33.3. The van der Waals surface area contributed by atoms with Crippen molar-refractivity contribution in [1.29, 1.82) is 0 Å². The molecule has 1 rings (SSSR count). The third-order valence-electron chi connectivity index (χ3n) is 2.93. The molecule has 0 aliphatic rings. The molecule has 0 saturated heterocycles. The van der Waals surface area contributed by atoms with Crippen molar-refractivity contribution in [2.24, 2.45) is 0 Å². The Hall–Kier alpha value is -0.610. The van der Waals surface area contributed by atoms with E-state index in [2.05, 4.69) is 0 Å². The lowest BCUT2D eigenvalue weighted by Crippen LogP contribution is -2.26. The number of hydrogen-bond donors (Lipinski definition) is 2. The molecule has 1 aromatic carbocycles. The lowest BCUT2D eigenvalue weighted by atomic mass is 10.2. The molecule has 0 aliphatic heterocycles. The third-order valence-corrected chi connectivity index (χ3v) is 6.08. The maximum atomic E-state index is 11.5. The normalized spacial score (nSPS) is 15.0. The van der Waals surface area contributed by atoms with E-state index in [0.29, 0.717) is 19.6 Å². The molecule has 0 aromatic heterocycles. The monoisotopic (exact) mass is 335 g/mol. The fourth-order valence-corrected chi connectivity index (χ4v) is 3.56. The number of benzene rings is 1. The van der Waals surface area contributed by atoms with Crippen molar-refractivity contribution in [3.05, 3.63) is 35.9 Å². The molecule has 2 unspecified atom stereocenters. The van der Waals surface area contributed by atoms with Crippen LogP contribution in [0.5, 0.6) is 0 Å². The van der Waals surface area contributed by atoms with Gasteiger partial charge in [-0.05, 0) is 18.9 Å². The van der Waals surface area contributed by atoms with Crippen LogP contribution in [-0.2, 0) is 25.2 Å². The molecule has 1 aromatic rings. The van der Waals surface area contributed by atoms with E-state index in [9.17, 15) is 18.9 Å². The molecule has 21 heavy (non-hydrogen) atoms. The first-order chi connectivity index (χ1) is 9.95. The van der Waals surface area contributed by atoms with Crippen LogP contribution in [0.15, 0.2) is 30.3 Å². The van der Waals surface area contributed by atoms with Gasteiger partial charge in [-0.25, -0.2) is 0 Å². The molecule has 0 bridgehead atoms. The minimum Gasteiger partial charge on any atom is -0.377 e. The van der Waals surface area contributed by atoms with Crippen LogP contribution in [0.4, 0.5) is 0 Å². The van der Waals surface area contributed by atoms with E-state index in [-0.39, 0.29) is 13.0 Å². The van der Waals surface area contributed by atoms with Gasteiger partial charge in [-0.2, -0.15) is 0 Å². The van der Waals surface area contributed by atoms with E-state index < -0.39 is 21.1 Å². The molecule has 2 atom stereocenters. The van der Waals surface area contributed by atoms with E-state index in [1.165, 1.54) is 0 Å². The number of rotatable bonds is 10. The standard InChI is InChI=1S/C13H20O6P2/c1-2-19-13(20-14,21(15,16)17)9-6-10-18-11-12-7-4-3-5-8-12/h3-5,7-8H,2,6,9-11H2,1H3,(H2,15,16,17)/p+1. The first kappa shape index (κ1) is 18.4. The highest BCUT2D eigenvalue weighted by atomic mass is 31.2. The lowest BCUT2D eigenvalue weighted by molar-refractivity contribution is 0.0478. The molecule has 8 heteroatoms. The topological polar surface area (TPSA) is 93.1 Å². The van der Waals surface area contributed by atoms with Gasteiger partial charge in [0.05, 0.1) is 6.61 Å². The Morgan fingerprint density at radius 2 is 1.95 bits per heavy atom. The molecule has 0 heterocycles. The Labute approximate surface area is 125 Å². The van der Waals surface area contributed by atoms with Crippen LogP contribution in [0.25, 0.3) is 0 Å². The van der Waals surface area contributed by atoms with Crippen LogP contribution in [0.2, 0.25) is 0 Å². The van der Waals surface area contributed by atoms with Crippen molar-refractivity contribution in [3.8, 4) is 0 Å². The first-order valence-corrected chi connectivity index (χ1v) is 9.18. The zero-order chi connectivity index (χ0) is 15.8. The highest BCUT2D eigenvalue weighted by Crippen LogP contribution is 2.59. The fourth-order valence-electron chi connectivity index (χ4n) is 1.86. The average molecular weight is 335 g/mol. The number of hydrogen-bond acceptors (Lipinski definition) is 4. The Morgan fingerprint density at radius 3 is 2.48 bits per heavy atom. The van der Waals surface area contributed by atoms with Gasteiger partial charge in [-0.15, -0.1) is 0 Å². The smallest absolute Gasteiger partial charge is 0.377 e. The fraction of sp³-hybridized carbons (Fsp3) is 0.538. The summed E-state index contributed by atoms with van der Waals surface area (Å²) in [6.07, 6.45) is 0.342. The predicted octanol–water partition coefficient (Wildman–Crippen LogP) is 2.88. The van der Waals surface area contributed by atoms with Gasteiger partial charge in [0.25, 0.3) is 0 Å². The van der Waals surface area contributed by atoms with Gasteiger partial charge in [0, 0.05) is 19.6 Å². The first-order valence-electron chi connectivity index (χ1n) is 6.66. The van der Waals surface area contributed by atoms with E-state index >= 15 is 0 Å². The molecular weight excluding hydrogens is 314 g/mol. The van der Waals surface area contributed by atoms with Crippen LogP contribution in [0.3, 0.4) is 0 Å².